The van der Waals surface area contributed by atoms with Gasteiger partial charge in [-0.2, -0.15) is 0 Å². The van der Waals surface area contributed by atoms with E-state index in [-0.39, 0.29) is 36.3 Å². The van der Waals surface area contributed by atoms with Crippen molar-refractivity contribution in [3.63, 3.8) is 0 Å². The smallest absolute Gasteiger partial charge is 0.239 e. The summed E-state index contributed by atoms with van der Waals surface area (Å²) in [6.07, 6.45) is 6.55. The minimum Gasteiger partial charge on any atom is -0.378 e. The number of rotatable bonds is 3. The van der Waals surface area contributed by atoms with Gasteiger partial charge in [-0.1, -0.05) is 19.3 Å². The lowest BCUT2D eigenvalue weighted by molar-refractivity contribution is -0.136. The van der Waals surface area contributed by atoms with Crippen LogP contribution in [-0.4, -0.2) is 61.6 Å². The largest absolute Gasteiger partial charge is 0.378 e. The number of ether oxygens (including phenoxy) is 1. The molecule has 1 saturated carbocycles. The van der Waals surface area contributed by atoms with E-state index >= 15 is 0 Å². The molecule has 3 rings (SSSR count). The predicted molar refractivity (Wildman–Crippen MR) is 89.6 cm³/mol. The molecule has 23 heavy (non-hydrogen) atoms. The van der Waals surface area contributed by atoms with Crippen LogP contribution in [0.15, 0.2) is 0 Å². The number of hydrogen-bond acceptors (Lipinski definition) is 4. The molecule has 1 aliphatic carbocycles. The average molecular weight is 346 g/mol. The third kappa shape index (κ3) is 4.81. The number of nitrogens with one attached hydrogen (secondary N) is 2. The molecule has 2 amide bonds. The lowest BCUT2D eigenvalue weighted by Gasteiger charge is -2.27. The normalized spacial score (nSPS) is 29.0. The summed E-state index contributed by atoms with van der Waals surface area (Å²) in [5.74, 6) is 0.517. The number of likely N-dealkylation sites (tertiary alicyclic amines) is 1. The first-order valence-corrected chi connectivity index (χ1v) is 8.64. The van der Waals surface area contributed by atoms with E-state index in [4.69, 9.17) is 4.74 Å². The van der Waals surface area contributed by atoms with Crippen molar-refractivity contribution >= 4 is 24.2 Å². The Morgan fingerprint density at radius 1 is 1.13 bits per heavy atom. The summed E-state index contributed by atoms with van der Waals surface area (Å²) in [6.45, 7) is 3.25. The van der Waals surface area contributed by atoms with E-state index in [9.17, 15) is 9.59 Å². The van der Waals surface area contributed by atoms with Gasteiger partial charge in [-0.05, 0) is 19.3 Å². The number of morpholine rings is 1. The average Bonchev–Trinajstić information content (AvgIpc) is 3.04. The predicted octanol–water partition coefficient (Wildman–Crippen LogP) is 0.694. The van der Waals surface area contributed by atoms with E-state index in [1.165, 1.54) is 19.3 Å². The number of nitrogens with zero attached hydrogens (tertiary/aromatic N) is 1. The zero-order valence-electron chi connectivity index (χ0n) is 13.6. The number of carbonyl (C=O) groups is 2. The molecule has 132 valence electrons. The molecule has 2 atom stereocenters. The van der Waals surface area contributed by atoms with Crippen molar-refractivity contribution in [2.75, 3.05) is 32.8 Å². The first-order valence-electron chi connectivity index (χ1n) is 8.64. The molecular formula is C16H28ClN3O3. The van der Waals surface area contributed by atoms with Crippen molar-refractivity contribution in [1.29, 1.82) is 0 Å². The maximum Gasteiger partial charge on any atom is 0.239 e. The van der Waals surface area contributed by atoms with Gasteiger partial charge in [0.2, 0.25) is 11.8 Å². The van der Waals surface area contributed by atoms with Gasteiger partial charge in [-0.25, -0.2) is 0 Å². The van der Waals surface area contributed by atoms with E-state index in [1.807, 2.05) is 4.90 Å². The highest BCUT2D eigenvalue weighted by Gasteiger charge is 2.33. The first kappa shape index (κ1) is 18.5. The van der Waals surface area contributed by atoms with Crippen molar-refractivity contribution in [3.8, 4) is 0 Å². The second-order valence-corrected chi connectivity index (χ2v) is 6.69. The second kappa shape index (κ2) is 8.85. The van der Waals surface area contributed by atoms with Crippen molar-refractivity contribution < 1.29 is 14.3 Å². The molecule has 0 spiro atoms. The molecule has 3 aliphatic rings. The topological polar surface area (TPSA) is 70.7 Å². The second-order valence-electron chi connectivity index (χ2n) is 6.69. The van der Waals surface area contributed by atoms with Crippen LogP contribution in [-0.2, 0) is 14.3 Å². The molecule has 0 radical (unpaired) electrons. The van der Waals surface area contributed by atoms with Gasteiger partial charge in [0.15, 0.2) is 0 Å². The fraction of sp³-hybridized carbons (Fsp3) is 0.875. The van der Waals surface area contributed by atoms with Crippen molar-refractivity contribution in [2.24, 2.45) is 5.92 Å². The minimum absolute atomic E-state index is 0. The maximum atomic E-state index is 12.5. The summed E-state index contributed by atoms with van der Waals surface area (Å²) in [7, 11) is 0. The Balaban J connectivity index is 0.00000192. The van der Waals surface area contributed by atoms with Crippen LogP contribution in [0.2, 0.25) is 0 Å². The van der Waals surface area contributed by atoms with E-state index in [0.717, 1.165) is 32.4 Å². The summed E-state index contributed by atoms with van der Waals surface area (Å²) < 4.78 is 5.32. The molecule has 6 nitrogen and oxygen atoms in total. The summed E-state index contributed by atoms with van der Waals surface area (Å²) in [5.41, 5.74) is 0. The Bertz CT molecular complexity index is 409. The Hall–Kier alpha value is -0.850. The van der Waals surface area contributed by atoms with Gasteiger partial charge in [-0.15, -0.1) is 12.4 Å². The molecule has 7 heteroatoms. The van der Waals surface area contributed by atoms with Crippen LogP contribution in [0.5, 0.6) is 0 Å². The van der Waals surface area contributed by atoms with Crippen LogP contribution in [0.4, 0.5) is 0 Å². The molecule has 0 bridgehead atoms. The highest BCUT2D eigenvalue weighted by molar-refractivity contribution is 5.85. The van der Waals surface area contributed by atoms with Crippen molar-refractivity contribution in [3.05, 3.63) is 0 Å². The molecule has 0 aromatic rings. The van der Waals surface area contributed by atoms with Gasteiger partial charge in [0.05, 0.1) is 13.2 Å². The fourth-order valence-corrected chi connectivity index (χ4v) is 3.72. The first-order chi connectivity index (χ1) is 10.7. The third-order valence-electron chi connectivity index (χ3n) is 5.04. The lowest BCUT2D eigenvalue weighted by Crippen LogP contribution is -2.53. The molecule has 0 aromatic carbocycles. The van der Waals surface area contributed by atoms with Crippen molar-refractivity contribution in [1.82, 2.24) is 15.5 Å². The van der Waals surface area contributed by atoms with E-state index in [1.54, 1.807) is 0 Å². The Kier molecular flexibility index (Phi) is 7.11. The van der Waals surface area contributed by atoms with E-state index in [0.29, 0.717) is 25.7 Å². The summed E-state index contributed by atoms with van der Waals surface area (Å²) in [5, 5.41) is 6.22. The lowest BCUT2D eigenvalue weighted by atomic mass is 9.88. The summed E-state index contributed by atoms with van der Waals surface area (Å²) in [6, 6.07) is -0.166. The van der Waals surface area contributed by atoms with Crippen LogP contribution in [0, 0.1) is 5.92 Å². The summed E-state index contributed by atoms with van der Waals surface area (Å²) in [4.78, 5) is 26.6. The van der Waals surface area contributed by atoms with Gasteiger partial charge in [0, 0.05) is 31.6 Å². The Morgan fingerprint density at radius 2 is 1.91 bits per heavy atom. The molecule has 2 aliphatic heterocycles. The molecule has 2 N–H and O–H groups in total. The number of halogens is 1. The van der Waals surface area contributed by atoms with Crippen LogP contribution in [0.1, 0.15) is 38.5 Å². The Labute approximate surface area is 144 Å². The number of amides is 2. The van der Waals surface area contributed by atoms with Gasteiger partial charge in [0.25, 0.3) is 0 Å². The number of hydrogen-bond donors (Lipinski definition) is 2. The SMILES string of the molecule is Cl.O=C(NC1CCN(C(=O)C2CCCCC2)C1)C1COCCN1. The maximum absolute atomic E-state index is 12.5. The standard InChI is InChI=1S/C16H27N3O3.ClH/c20-15(14-11-22-9-7-17-14)18-13-6-8-19(10-13)16(21)12-4-2-1-3-5-12;/h12-14,17H,1-11H2,(H,18,20);1H. The molecule has 0 aromatic heterocycles. The zero-order chi connectivity index (χ0) is 15.4. The van der Waals surface area contributed by atoms with Crippen LogP contribution < -0.4 is 10.6 Å². The van der Waals surface area contributed by atoms with E-state index < -0.39 is 0 Å². The number of carbonyl (C=O) groups excluding carboxylic acids is 2. The van der Waals surface area contributed by atoms with Gasteiger partial charge < -0.3 is 20.3 Å². The minimum atomic E-state index is -0.253. The highest BCUT2D eigenvalue weighted by atomic mass is 35.5. The third-order valence-corrected chi connectivity index (χ3v) is 5.04. The molecular weight excluding hydrogens is 318 g/mol. The van der Waals surface area contributed by atoms with Gasteiger partial charge >= 0.3 is 0 Å². The van der Waals surface area contributed by atoms with E-state index in [2.05, 4.69) is 10.6 Å². The molecule has 3 fully saturated rings. The molecule has 2 heterocycles. The quantitative estimate of drug-likeness (QED) is 0.789. The monoisotopic (exact) mass is 345 g/mol. The molecule has 2 unspecified atom stereocenters. The van der Waals surface area contributed by atoms with Gasteiger partial charge in [0.1, 0.15) is 6.04 Å². The highest BCUT2D eigenvalue weighted by Crippen LogP contribution is 2.26. The molecule has 2 saturated heterocycles. The van der Waals surface area contributed by atoms with Crippen LogP contribution >= 0.6 is 12.4 Å². The Morgan fingerprint density at radius 3 is 2.61 bits per heavy atom. The zero-order valence-corrected chi connectivity index (χ0v) is 14.4. The van der Waals surface area contributed by atoms with Crippen LogP contribution in [0.3, 0.4) is 0 Å². The van der Waals surface area contributed by atoms with Crippen LogP contribution in [0.25, 0.3) is 0 Å². The van der Waals surface area contributed by atoms with Crippen molar-refractivity contribution in [2.45, 2.75) is 50.6 Å². The fourth-order valence-electron chi connectivity index (χ4n) is 3.72. The van der Waals surface area contributed by atoms with Gasteiger partial charge in [-0.3, -0.25) is 9.59 Å². The summed E-state index contributed by atoms with van der Waals surface area (Å²) >= 11 is 0.